The van der Waals surface area contributed by atoms with E-state index in [4.69, 9.17) is 10.2 Å². The highest BCUT2D eigenvalue weighted by Crippen LogP contribution is 2.12. The molecule has 3 N–H and O–H groups in total. The number of aliphatic hydroxyl groups is 2. The van der Waals surface area contributed by atoms with Crippen molar-refractivity contribution in [1.82, 2.24) is 5.32 Å². The van der Waals surface area contributed by atoms with Gasteiger partial charge in [0.25, 0.3) is 0 Å². The first kappa shape index (κ1) is 19.9. The lowest BCUT2D eigenvalue weighted by atomic mass is 10.0. The third-order valence-corrected chi connectivity index (χ3v) is 3.95. The van der Waals surface area contributed by atoms with Gasteiger partial charge in [-0.15, -0.1) is 0 Å². The quantitative estimate of drug-likeness (QED) is 0.336. The largest absolute Gasteiger partial charge is 0.367 e. The zero-order valence-electron chi connectivity index (χ0n) is 13.8. The second kappa shape index (κ2) is 13.8. The molecule has 0 saturated heterocycles. The smallest absolute Gasteiger partial charge is 0.166 e. The van der Waals surface area contributed by atoms with E-state index in [0.717, 1.165) is 6.42 Å². The lowest BCUT2D eigenvalue weighted by molar-refractivity contribution is -0.0642. The van der Waals surface area contributed by atoms with Gasteiger partial charge in [0, 0.05) is 6.04 Å². The Bertz CT molecular complexity index is 197. The normalized spacial score (nSPS) is 14.7. The predicted molar refractivity (Wildman–Crippen MR) is 86.4 cm³/mol. The molecular weight excluding hydrogens is 250 g/mol. The summed E-state index contributed by atoms with van der Waals surface area (Å²) >= 11 is 0. The first-order valence-electron chi connectivity index (χ1n) is 8.53. The first-order chi connectivity index (χ1) is 9.61. The van der Waals surface area contributed by atoms with Crippen molar-refractivity contribution < 1.29 is 10.2 Å². The van der Waals surface area contributed by atoms with E-state index in [1.54, 1.807) is 6.92 Å². The highest BCUT2D eigenvalue weighted by Gasteiger charge is 2.14. The van der Waals surface area contributed by atoms with E-state index < -0.39 is 6.29 Å². The molecule has 0 aromatic heterocycles. The molecule has 0 amide bonds. The van der Waals surface area contributed by atoms with Gasteiger partial charge in [0.2, 0.25) is 0 Å². The molecule has 0 fully saturated rings. The molecule has 0 spiro atoms. The minimum absolute atomic E-state index is 0.269. The Hall–Kier alpha value is -0.120. The lowest BCUT2D eigenvalue weighted by Gasteiger charge is -2.23. The summed E-state index contributed by atoms with van der Waals surface area (Å²) < 4.78 is 0. The zero-order valence-corrected chi connectivity index (χ0v) is 13.8. The Morgan fingerprint density at radius 2 is 1.40 bits per heavy atom. The van der Waals surface area contributed by atoms with Crippen LogP contribution in [-0.2, 0) is 0 Å². The van der Waals surface area contributed by atoms with Crippen LogP contribution in [-0.4, -0.2) is 28.6 Å². The van der Waals surface area contributed by atoms with E-state index in [1.165, 1.54) is 57.8 Å². The van der Waals surface area contributed by atoms with Gasteiger partial charge in [0.05, 0.1) is 6.04 Å². The van der Waals surface area contributed by atoms with Crippen LogP contribution in [0.1, 0.15) is 85.0 Å². The molecule has 3 nitrogen and oxygen atoms in total. The van der Waals surface area contributed by atoms with Crippen molar-refractivity contribution in [2.75, 3.05) is 0 Å². The van der Waals surface area contributed by atoms with Gasteiger partial charge in [-0.3, -0.25) is 0 Å². The Morgan fingerprint density at radius 1 is 0.900 bits per heavy atom. The molecule has 0 aliphatic heterocycles. The first-order valence-corrected chi connectivity index (χ1v) is 8.53. The molecule has 0 bridgehead atoms. The monoisotopic (exact) mass is 286 g/mol. The molecule has 0 aromatic carbocycles. The number of nitrogens with one attached hydrogen (secondary N) is 1. The number of unbranched alkanes of at least 4 members (excludes halogenated alkanes) is 8. The fourth-order valence-electron chi connectivity index (χ4n) is 2.44. The van der Waals surface area contributed by atoms with Crippen LogP contribution < -0.4 is 5.32 Å². The van der Waals surface area contributed by atoms with Crippen LogP contribution in [0, 0.1) is 6.42 Å². The molecule has 1 radical (unpaired) electrons. The number of hydrogen-bond acceptors (Lipinski definition) is 3. The minimum atomic E-state index is -1.28. The van der Waals surface area contributed by atoms with Crippen LogP contribution in [0.2, 0.25) is 0 Å². The maximum Gasteiger partial charge on any atom is 0.166 e. The van der Waals surface area contributed by atoms with Crippen molar-refractivity contribution >= 4 is 0 Å². The zero-order chi connectivity index (χ0) is 15.2. The fraction of sp³-hybridized carbons (Fsp3) is 0.941. The highest BCUT2D eigenvalue weighted by molar-refractivity contribution is 4.81. The van der Waals surface area contributed by atoms with E-state index in [0.29, 0.717) is 0 Å². The van der Waals surface area contributed by atoms with E-state index in [9.17, 15) is 0 Å². The maximum atomic E-state index is 9.07. The van der Waals surface area contributed by atoms with Crippen LogP contribution >= 0.6 is 0 Å². The average Bonchev–Trinajstić information content (AvgIpc) is 2.43. The summed E-state index contributed by atoms with van der Waals surface area (Å²) in [5, 5.41) is 21.4. The SMILES string of the molecule is C[CH]C(CCCCCCCCCCC)NC(C)C(O)O. The van der Waals surface area contributed by atoms with Crippen molar-refractivity contribution in [1.29, 1.82) is 0 Å². The van der Waals surface area contributed by atoms with Crippen molar-refractivity contribution in [3.8, 4) is 0 Å². The summed E-state index contributed by atoms with van der Waals surface area (Å²) in [5.74, 6) is 0. The van der Waals surface area contributed by atoms with Crippen molar-refractivity contribution in [3.63, 3.8) is 0 Å². The van der Waals surface area contributed by atoms with Crippen molar-refractivity contribution in [2.45, 2.75) is 103 Å². The van der Waals surface area contributed by atoms with Gasteiger partial charge in [-0.25, -0.2) is 0 Å². The van der Waals surface area contributed by atoms with Crippen LogP contribution in [0.15, 0.2) is 0 Å². The summed E-state index contributed by atoms with van der Waals surface area (Å²) in [5.41, 5.74) is 0. The summed E-state index contributed by atoms with van der Waals surface area (Å²) in [6, 6.07) is 0.0196. The van der Waals surface area contributed by atoms with Crippen LogP contribution in [0.4, 0.5) is 0 Å². The van der Waals surface area contributed by atoms with Gasteiger partial charge in [-0.1, -0.05) is 71.6 Å². The maximum absolute atomic E-state index is 9.07. The van der Waals surface area contributed by atoms with E-state index >= 15 is 0 Å². The molecule has 0 saturated carbocycles. The van der Waals surface area contributed by atoms with E-state index in [-0.39, 0.29) is 12.1 Å². The Labute approximate surface area is 126 Å². The summed E-state index contributed by atoms with van der Waals surface area (Å²) in [4.78, 5) is 0. The molecular formula is C17H36NO2. The lowest BCUT2D eigenvalue weighted by Crippen LogP contribution is -2.43. The molecule has 20 heavy (non-hydrogen) atoms. The Balaban J connectivity index is 3.42. The molecule has 3 heteroatoms. The van der Waals surface area contributed by atoms with Crippen LogP contribution in [0.3, 0.4) is 0 Å². The molecule has 2 unspecified atom stereocenters. The Kier molecular flexibility index (Phi) is 13.8. The number of aliphatic hydroxyl groups excluding tert-OH is 1. The summed E-state index contributed by atoms with van der Waals surface area (Å²) in [7, 11) is 0. The number of rotatable bonds is 14. The van der Waals surface area contributed by atoms with Crippen LogP contribution in [0.25, 0.3) is 0 Å². The molecule has 0 aromatic rings. The standard InChI is InChI=1S/C17H36NO2/c1-4-6-7-8-9-10-11-12-13-14-16(5-2)18-15(3)17(19)20/h5,15-20H,4,6-14H2,1-3H3. The average molecular weight is 286 g/mol. The van der Waals surface area contributed by atoms with Gasteiger partial charge in [-0.2, -0.15) is 0 Å². The van der Waals surface area contributed by atoms with Gasteiger partial charge < -0.3 is 15.5 Å². The van der Waals surface area contributed by atoms with Gasteiger partial charge in [0.1, 0.15) is 0 Å². The fourth-order valence-corrected chi connectivity index (χ4v) is 2.44. The minimum Gasteiger partial charge on any atom is -0.367 e. The molecule has 0 heterocycles. The second-order valence-electron chi connectivity index (χ2n) is 5.93. The van der Waals surface area contributed by atoms with Gasteiger partial charge in [-0.05, 0) is 19.8 Å². The van der Waals surface area contributed by atoms with E-state index in [2.05, 4.69) is 18.7 Å². The topological polar surface area (TPSA) is 52.5 Å². The summed E-state index contributed by atoms with van der Waals surface area (Å²) in [6.45, 7) is 6.09. The molecule has 2 atom stereocenters. The van der Waals surface area contributed by atoms with Crippen LogP contribution in [0.5, 0.6) is 0 Å². The molecule has 0 aliphatic carbocycles. The third-order valence-electron chi connectivity index (χ3n) is 3.95. The molecule has 0 aliphatic rings. The third kappa shape index (κ3) is 11.7. The van der Waals surface area contributed by atoms with Crippen molar-refractivity contribution in [2.24, 2.45) is 0 Å². The molecule has 0 rings (SSSR count). The molecule has 121 valence electrons. The number of hydrogen-bond donors (Lipinski definition) is 3. The summed E-state index contributed by atoms with van der Waals surface area (Å²) in [6.07, 6.45) is 14.0. The Morgan fingerprint density at radius 3 is 1.85 bits per heavy atom. The van der Waals surface area contributed by atoms with Gasteiger partial charge >= 0.3 is 0 Å². The van der Waals surface area contributed by atoms with Crippen molar-refractivity contribution in [3.05, 3.63) is 6.42 Å². The van der Waals surface area contributed by atoms with E-state index in [1.807, 2.05) is 6.92 Å². The van der Waals surface area contributed by atoms with Gasteiger partial charge in [0.15, 0.2) is 6.29 Å². The second-order valence-corrected chi connectivity index (χ2v) is 5.93. The highest BCUT2D eigenvalue weighted by atomic mass is 16.5. The predicted octanol–water partition coefficient (Wildman–Crippen LogP) is 3.79.